The van der Waals surface area contributed by atoms with Gasteiger partial charge in [-0.05, 0) is 11.6 Å². The van der Waals surface area contributed by atoms with E-state index in [9.17, 15) is 0 Å². The highest BCUT2D eigenvalue weighted by Gasteiger charge is 2.04. The summed E-state index contributed by atoms with van der Waals surface area (Å²) < 4.78 is 5.33. The lowest BCUT2D eigenvalue weighted by atomic mass is 10.1. The van der Waals surface area contributed by atoms with Crippen LogP contribution in [0.1, 0.15) is 22.3 Å². The molecular weight excluding hydrogens is 276 g/mol. The summed E-state index contributed by atoms with van der Waals surface area (Å²) in [6, 6.07) is 12.8. The van der Waals surface area contributed by atoms with Crippen molar-refractivity contribution in [1.82, 2.24) is 0 Å². The molecule has 0 aliphatic rings. The summed E-state index contributed by atoms with van der Waals surface area (Å²) in [6.45, 7) is 0. The molecule has 0 saturated heterocycles. The molecule has 0 fully saturated rings. The summed E-state index contributed by atoms with van der Waals surface area (Å²) >= 11 is 0. The van der Waals surface area contributed by atoms with Gasteiger partial charge in [0.15, 0.2) is 0 Å². The smallest absolute Gasteiger partial charge is 0.126 e. The van der Waals surface area contributed by atoms with Crippen LogP contribution in [0.5, 0.6) is 5.75 Å². The van der Waals surface area contributed by atoms with Gasteiger partial charge in [-0.15, -0.1) is 0 Å². The highest BCUT2D eigenvalue weighted by Crippen LogP contribution is 2.22. The molecule has 22 heavy (non-hydrogen) atoms. The van der Waals surface area contributed by atoms with E-state index in [1.807, 2.05) is 30.4 Å². The Morgan fingerprint density at radius 2 is 1.50 bits per heavy atom. The third kappa shape index (κ3) is 3.52. The topological polar surface area (TPSA) is 109 Å². The summed E-state index contributed by atoms with van der Waals surface area (Å²) in [6.07, 6.45) is 3.86. The first-order valence-corrected chi connectivity index (χ1v) is 6.66. The Balaban J connectivity index is 2.25. The van der Waals surface area contributed by atoms with Gasteiger partial charge in [-0.25, -0.2) is 0 Å². The van der Waals surface area contributed by atoms with E-state index in [1.165, 1.54) is 0 Å². The number of benzene rings is 2. The maximum atomic E-state index is 7.45. The lowest BCUT2D eigenvalue weighted by molar-refractivity contribution is 0.414. The Hall–Kier alpha value is -3.08. The van der Waals surface area contributed by atoms with Crippen LogP contribution in [-0.4, -0.2) is 18.8 Å². The lowest BCUT2D eigenvalue weighted by Crippen LogP contribution is -2.11. The number of amidine groups is 2. The van der Waals surface area contributed by atoms with Crippen LogP contribution < -0.4 is 16.2 Å². The summed E-state index contributed by atoms with van der Waals surface area (Å²) in [4.78, 5) is 0. The fourth-order valence-electron chi connectivity index (χ4n) is 1.98. The quantitative estimate of drug-likeness (QED) is 0.386. The van der Waals surface area contributed by atoms with Gasteiger partial charge >= 0.3 is 0 Å². The number of nitrogen functional groups attached to an aromatic ring is 2. The van der Waals surface area contributed by atoms with Crippen LogP contribution in [0.3, 0.4) is 0 Å². The van der Waals surface area contributed by atoms with Crippen molar-refractivity contribution in [3.05, 3.63) is 64.7 Å². The van der Waals surface area contributed by atoms with Crippen molar-refractivity contribution in [2.75, 3.05) is 7.11 Å². The Kier molecular flexibility index (Phi) is 4.58. The highest BCUT2D eigenvalue weighted by molar-refractivity contribution is 5.96. The van der Waals surface area contributed by atoms with Crippen molar-refractivity contribution < 1.29 is 4.74 Å². The van der Waals surface area contributed by atoms with E-state index < -0.39 is 0 Å². The summed E-state index contributed by atoms with van der Waals surface area (Å²) in [5, 5.41) is 14.8. The minimum absolute atomic E-state index is 0.00801. The van der Waals surface area contributed by atoms with Crippen molar-refractivity contribution in [2.45, 2.75) is 0 Å². The monoisotopic (exact) mass is 294 g/mol. The van der Waals surface area contributed by atoms with Crippen molar-refractivity contribution >= 4 is 23.8 Å². The number of ether oxygens (including phenoxy) is 1. The Morgan fingerprint density at radius 1 is 0.909 bits per heavy atom. The first-order valence-electron chi connectivity index (χ1n) is 6.66. The van der Waals surface area contributed by atoms with Gasteiger partial charge in [-0.1, -0.05) is 48.6 Å². The van der Waals surface area contributed by atoms with E-state index in [0.717, 1.165) is 11.1 Å². The molecule has 6 N–H and O–H groups in total. The molecule has 0 bridgehead atoms. The number of rotatable bonds is 5. The second-order valence-corrected chi connectivity index (χ2v) is 4.74. The fourth-order valence-corrected chi connectivity index (χ4v) is 1.98. The maximum Gasteiger partial charge on any atom is 0.126 e. The molecule has 0 radical (unpaired) electrons. The minimum atomic E-state index is 0.00801. The number of hydrogen-bond donors (Lipinski definition) is 4. The summed E-state index contributed by atoms with van der Waals surface area (Å²) in [5.74, 6) is 0.718. The molecule has 0 spiro atoms. The molecule has 5 heteroatoms. The molecule has 112 valence electrons. The third-order valence-corrected chi connectivity index (χ3v) is 3.22. The average molecular weight is 294 g/mol. The number of hydrogen-bond acceptors (Lipinski definition) is 3. The first-order chi connectivity index (χ1) is 10.5. The minimum Gasteiger partial charge on any atom is -0.496 e. The molecule has 0 aliphatic carbocycles. The zero-order valence-electron chi connectivity index (χ0n) is 12.3. The van der Waals surface area contributed by atoms with Gasteiger partial charge < -0.3 is 16.2 Å². The standard InChI is InChI=1S/C17H18N4O/c1-22-15-10-14(17(20)21)9-8-12(15)5-2-11-3-6-13(7-4-11)16(18)19/h2-10H,1H3,(H3,18,19)(H3,20,21)/b5-2-. The number of nitrogens with two attached hydrogens (primary N) is 2. The van der Waals surface area contributed by atoms with Crippen LogP contribution >= 0.6 is 0 Å². The normalized spacial score (nSPS) is 10.6. The fraction of sp³-hybridized carbons (Fsp3) is 0.0588. The molecule has 2 aromatic carbocycles. The van der Waals surface area contributed by atoms with Crippen LogP contribution in [0, 0.1) is 10.8 Å². The van der Waals surface area contributed by atoms with Crippen LogP contribution in [0.25, 0.3) is 12.2 Å². The molecule has 0 atom stereocenters. The van der Waals surface area contributed by atoms with Gasteiger partial charge in [-0.3, -0.25) is 10.8 Å². The predicted molar refractivity (Wildman–Crippen MR) is 90.4 cm³/mol. The van der Waals surface area contributed by atoms with Gasteiger partial charge in [0, 0.05) is 16.7 Å². The van der Waals surface area contributed by atoms with Gasteiger partial charge in [0.1, 0.15) is 17.4 Å². The summed E-state index contributed by atoms with van der Waals surface area (Å²) in [5.41, 5.74) is 14.1. The van der Waals surface area contributed by atoms with E-state index in [-0.39, 0.29) is 11.7 Å². The predicted octanol–water partition coefficient (Wildman–Crippen LogP) is 2.43. The van der Waals surface area contributed by atoms with Crippen LogP contribution in [-0.2, 0) is 0 Å². The zero-order valence-corrected chi connectivity index (χ0v) is 12.3. The average Bonchev–Trinajstić information content (AvgIpc) is 2.52. The Morgan fingerprint density at radius 3 is 2.05 bits per heavy atom. The van der Waals surface area contributed by atoms with Crippen molar-refractivity contribution in [1.29, 1.82) is 10.8 Å². The second kappa shape index (κ2) is 6.58. The molecule has 0 saturated carbocycles. The SMILES string of the molecule is COc1cc(C(=N)N)ccc1/C=C\c1ccc(C(=N)N)cc1. The van der Waals surface area contributed by atoms with E-state index in [1.54, 1.807) is 31.4 Å². The largest absolute Gasteiger partial charge is 0.496 e. The molecular formula is C17H18N4O. The van der Waals surface area contributed by atoms with Gasteiger partial charge in [0.25, 0.3) is 0 Å². The lowest BCUT2D eigenvalue weighted by Gasteiger charge is -2.07. The molecule has 2 rings (SSSR count). The van der Waals surface area contributed by atoms with Crippen LogP contribution in [0.15, 0.2) is 42.5 Å². The van der Waals surface area contributed by atoms with E-state index in [0.29, 0.717) is 16.9 Å². The molecule has 0 amide bonds. The first kappa shape index (κ1) is 15.3. The van der Waals surface area contributed by atoms with Crippen molar-refractivity contribution in [3.63, 3.8) is 0 Å². The second-order valence-electron chi connectivity index (χ2n) is 4.74. The van der Waals surface area contributed by atoms with E-state index >= 15 is 0 Å². The van der Waals surface area contributed by atoms with Gasteiger partial charge in [0.2, 0.25) is 0 Å². The Labute approximate surface area is 129 Å². The molecule has 0 aliphatic heterocycles. The molecule has 5 nitrogen and oxygen atoms in total. The zero-order chi connectivity index (χ0) is 16.1. The van der Waals surface area contributed by atoms with Crippen LogP contribution in [0.4, 0.5) is 0 Å². The number of nitrogens with one attached hydrogen (secondary N) is 2. The third-order valence-electron chi connectivity index (χ3n) is 3.22. The van der Waals surface area contributed by atoms with Crippen molar-refractivity contribution in [3.8, 4) is 5.75 Å². The molecule has 2 aromatic rings. The molecule has 0 heterocycles. The van der Waals surface area contributed by atoms with E-state index in [4.69, 9.17) is 27.0 Å². The van der Waals surface area contributed by atoms with E-state index in [2.05, 4.69) is 0 Å². The summed E-state index contributed by atoms with van der Waals surface area (Å²) in [7, 11) is 1.58. The van der Waals surface area contributed by atoms with Crippen molar-refractivity contribution in [2.24, 2.45) is 11.5 Å². The van der Waals surface area contributed by atoms with Gasteiger partial charge in [0.05, 0.1) is 7.11 Å². The van der Waals surface area contributed by atoms with Crippen LogP contribution in [0.2, 0.25) is 0 Å². The van der Waals surface area contributed by atoms with Gasteiger partial charge in [-0.2, -0.15) is 0 Å². The molecule has 0 unspecified atom stereocenters. The number of methoxy groups -OCH3 is 1. The Bertz CT molecular complexity index is 733. The maximum absolute atomic E-state index is 7.45. The highest BCUT2D eigenvalue weighted by atomic mass is 16.5. The molecule has 0 aromatic heterocycles.